The van der Waals surface area contributed by atoms with Crippen LogP contribution in [0.4, 0.5) is 5.69 Å². The molecule has 1 aliphatic rings. The van der Waals surface area contributed by atoms with Crippen molar-refractivity contribution in [1.82, 2.24) is 4.90 Å². The minimum absolute atomic E-state index is 0.0365. The van der Waals surface area contributed by atoms with Gasteiger partial charge in [-0.05, 0) is 19.1 Å². The second kappa shape index (κ2) is 5.73. The highest BCUT2D eigenvalue weighted by molar-refractivity contribution is 5.98. The zero-order chi connectivity index (χ0) is 13.8. The first kappa shape index (κ1) is 13.4. The van der Waals surface area contributed by atoms with Crippen LogP contribution in [0.1, 0.15) is 13.3 Å². The molecule has 0 fully saturated rings. The first-order chi connectivity index (χ1) is 9.13. The van der Waals surface area contributed by atoms with E-state index < -0.39 is 0 Å². The van der Waals surface area contributed by atoms with Gasteiger partial charge in [-0.15, -0.1) is 0 Å². The molecule has 0 radical (unpaired) electrons. The summed E-state index contributed by atoms with van der Waals surface area (Å²) in [6.45, 7) is 3.02. The third kappa shape index (κ3) is 2.86. The summed E-state index contributed by atoms with van der Waals surface area (Å²) in [6.07, 6.45) is 0.324. The van der Waals surface area contributed by atoms with Gasteiger partial charge < -0.3 is 14.5 Å². The van der Waals surface area contributed by atoms with E-state index in [2.05, 4.69) is 0 Å². The van der Waals surface area contributed by atoms with Crippen molar-refractivity contribution in [2.45, 2.75) is 13.3 Å². The molecule has 5 heteroatoms. The van der Waals surface area contributed by atoms with Gasteiger partial charge in [0.05, 0.1) is 5.69 Å². The van der Waals surface area contributed by atoms with Crippen LogP contribution in [0, 0.1) is 0 Å². The smallest absolute Gasteiger partial charge is 0.265 e. The number of rotatable bonds is 4. The zero-order valence-electron chi connectivity index (χ0n) is 11.3. The number of carbonyl (C=O) groups excluding carboxylic acids is 2. The Labute approximate surface area is 112 Å². The summed E-state index contributed by atoms with van der Waals surface area (Å²) in [5.41, 5.74) is 0.741. The van der Waals surface area contributed by atoms with Gasteiger partial charge in [-0.1, -0.05) is 12.1 Å². The minimum Gasteiger partial charge on any atom is -0.482 e. The molecule has 0 saturated heterocycles. The lowest BCUT2D eigenvalue weighted by Crippen LogP contribution is -2.41. The summed E-state index contributed by atoms with van der Waals surface area (Å²) < 4.78 is 5.35. The van der Waals surface area contributed by atoms with Crippen LogP contribution < -0.4 is 9.64 Å². The van der Waals surface area contributed by atoms with Gasteiger partial charge in [0.2, 0.25) is 5.91 Å². The second-order valence-electron chi connectivity index (χ2n) is 4.46. The van der Waals surface area contributed by atoms with Crippen molar-refractivity contribution in [2.24, 2.45) is 0 Å². The topological polar surface area (TPSA) is 49.9 Å². The van der Waals surface area contributed by atoms with E-state index in [4.69, 9.17) is 4.74 Å². The highest BCUT2D eigenvalue weighted by Crippen LogP contribution is 2.31. The molecule has 0 unspecified atom stereocenters. The normalized spacial score (nSPS) is 13.8. The molecule has 5 nitrogen and oxygen atoms in total. The fraction of sp³-hybridized carbons (Fsp3) is 0.429. The van der Waals surface area contributed by atoms with Gasteiger partial charge >= 0.3 is 0 Å². The Morgan fingerprint density at radius 1 is 1.42 bits per heavy atom. The molecule has 1 aliphatic heterocycles. The first-order valence-corrected chi connectivity index (χ1v) is 6.39. The lowest BCUT2D eigenvalue weighted by molar-refractivity contribution is -0.129. The molecule has 0 atom stereocenters. The predicted octanol–water partition coefficient (Wildman–Crippen LogP) is 1.28. The Morgan fingerprint density at radius 2 is 2.16 bits per heavy atom. The van der Waals surface area contributed by atoms with Crippen molar-refractivity contribution in [1.29, 1.82) is 0 Å². The number of hydrogen-bond donors (Lipinski definition) is 0. The van der Waals surface area contributed by atoms with Crippen molar-refractivity contribution in [3.63, 3.8) is 0 Å². The maximum atomic E-state index is 11.9. The van der Waals surface area contributed by atoms with Gasteiger partial charge in [-0.2, -0.15) is 0 Å². The molecule has 0 bridgehead atoms. The largest absolute Gasteiger partial charge is 0.482 e. The Balaban J connectivity index is 2.08. The summed E-state index contributed by atoms with van der Waals surface area (Å²) in [6, 6.07) is 7.38. The summed E-state index contributed by atoms with van der Waals surface area (Å²) in [7, 11) is 1.76. The molecular weight excluding hydrogens is 244 g/mol. The first-order valence-electron chi connectivity index (χ1n) is 6.39. The van der Waals surface area contributed by atoms with Gasteiger partial charge in [0.1, 0.15) is 5.75 Å². The number of nitrogens with zero attached hydrogens (tertiary/aromatic N) is 2. The highest BCUT2D eigenvalue weighted by Gasteiger charge is 2.25. The third-order valence-corrected chi connectivity index (χ3v) is 3.26. The monoisotopic (exact) mass is 262 g/mol. The van der Waals surface area contributed by atoms with E-state index in [9.17, 15) is 9.59 Å². The summed E-state index contributed by atoms with van der Waals surface area (Å²) >= 11 is 0. The van der Waals surface area contributed by atoms with Crippen LogP contribution in [0.15, 0.2) is 24.3 Å². The molecule has 0 aromatic heterocycles. The number of anilines is 1. The molecule has 2 rings (SSSR count). The van der Waals surface area contributed by atoms with E-state index in [0.29, 0.717) is 25.3 Å². The number of fused-ring (bicyclic) bond motifs is 1. The fourth-order valence-corrected chi connectivity index (χ4v) is 1.97. The van der Waals surface area contributed by atoms with Gasteiger partial charge in [0.15, 0.2) is 6.61 Å². The molecule has 1 heterocycles. The van der Waals surface area contributed by atoms with Crippen molar-refractivity contribution >= 4 is 17.5 Å². The molecule has 2 amide bonds. The lowest BCUT2D eigenvalue weighted by Gasteiger charge is -2.29. The van der Waals surface area contributed by atoms with Crippen LogP contribution in [0.2, 0.25) is 0 Å². The number of hydrogen-bond acceptors (Lipinski definition) is 3. The number of para-hydroxylation sites is 2. The number of amides is 2. The van der Waals surface area contributed by atoms with Crippen molar-refractivity contribution in [3.8, 4) is 5.75 Å². The van der Waals surface area contributed by atoms with Gasteiger partial charge in [0, 0.05) is 26.6 Å². The van der Waals surface area contributed by atoms with E-state index in [-0.39, 0.29) is 18.4 Å². The van der Waals surface area contributed by atoms with E-state index in [0.717, 1.165) is 5.69 Å². The van der Waals surface area contributed by atoms with Crippen LogP contribution in [-0.2, 0) is 9.59 Å². The van der Waals surface area contributed by atoms with E-state index >= 15 is 0 Å². The molecule has 0 spiro atoms. The van der Waals surface area contributed by atoms with Crippen LogP contribution in [0.25, 0.3) is 0 Å². The predicted molar refractivity (Wildman–Crippen MR) is 72.2 cm³/mol. The minimum atomic E-state index is -0.106. The zero-order valence-corrected chi connectivity index (χ0v) is 11.3. The molecule has 19 heavy (non-hydrogen) atoms. The summed E-state index contributed by atoms with van der Waals surface area (Å²) in [5.74, 6) is 0.628. The number of benzene rings is 1. The molecule has 1 aromatic carbocycles. The van der Waals surface area contributed by atoms with Crippen molar-refractivity contribution in [3.05, 3.63) is 24.3 Å². The number of carbonyl (C=O) groups is 2. The van der Waals surface area contributed by atoms with Crippen LogP contribution in [0.5, 0.6) is 5.75 Å². The summed E-state index contributed by atoms with van der Waals surface area (Å²) in [5, 5.41) is 0. The van der Waals surface area contributed by atoms with Gasteiger partial charge in [-0.3, -0.25) is 9.59 Å². The standard InChI is InChI=1S/C14H18N2O3/c1-3-15(2)13(17)8-9-16-11-6-4-5-7-12(11)19-10-14(16)18/h4-7H,3,8-10H2,1-2H3. The Morgan fingerprint density at radius 3 is 2.89 bits per heavy atom. The molecule has 0 N–H and O–H groups in total. The van der Waals surface area contributed by atoms with E-state index in [1.165, 1.54) is 0 Å². The lowest BCUT2D eigenvalue weighted by atomic mass is 10.2. The maximum Gasteiger partial charge on any atom is 0.265 e. The quantitative estimate of drug-likeness (QED) is 0.821. The Kier molecular flexibility index (Phi) is 4.04. The van der Waals surface area contributed by atoms with Crippen LogP contribution in [0.3, 0.4) is 0 Å². The van der Waals surface area contributed by atoms with E-state index in [1.54, 1.807) is 16.8 Å². The molecule has 0 aliphatic carbocycles. The van der Waals surface area contributed by atoms with Gasteiger partial charge in [-0.25, -0.2) is 0 Å². The van der Waals surface area contributed by atoms with E-state index in [1.807, 2.05) is 31.2 Å². The number of ether oxygens (including phenoxy) is 1. The van der Waals surface area contributed by atoms with Crippen LogP contribution in [-0.4, -0.2) is 43.5 Å². The fourth-order valence-electron chi connectivity index (χ4n) is 1.97. The average molecular weight is 262 g/mol. The average Bonchev–Trinajstić information content (AvgIpc) is 2.45. The molecule has 102 valence electrons. The summed E-state index contributed by atoms with van der Waals surface area (Å²) in [4.78, 5) is 27.0. The molecule has 1 aromatic rings. The maximum absolute atomic E-state index is 11.9. The van der Waals surface area contributed by atoms with Gasteiger partial charge in [0.25, 0.3) is 5.91 Å². The highest BCUT2D eigenvalue weighted by atomic mass is 16.5. The van der Waals surface area contributed by atoms with Crippen molar-refractivity contribution in [2.75, 3.05) is 31.6 Å². The second-order valence-corrected chi connectivity index (χ2v) is 4.46. The Bertz CT molecular complexity index is 487. The van der Waals surface area contributed by atoms with Crippen LogP contribution >= 0.6 is 0 Å². The Hall–Kier alpha value is -2.04. The van der Waals surface area contributed by atoms with Crippen molar-refractivity contribution < 1.29 is 14.3 Å². The third-order valence-electron chi connectivity index (χ3n) is 3.26. The molecule has 0 saturated carbocycles. The molecular formula is C14H18N2O3. The SMILES string of the molecule is CCN(C)C(=O)CCN1C(=O)COc2ccccc21.